The number of aldehydes is 1. The van der Waals surface area contributed by atoms with Crippen LogP contribution in [0, 0.1) is 0 Å². The van der Waals surface area contributed by atoms with Crippen molar-refractivity contribution in [3.63, 3.8) is 0 Å². The van der Waals surface area contributed by atoms with Crippen molar-refractivity contribution in [3.8, 4) is 0 Å². The molecule has 0 aromatic heterocycles. The van der Waals surface area contributed by atoms with Crippen molar-refractivity contribution in [3.05, 3.63) is 35.9 Å². The number of carbonyl (C=O) groups is 2. The van der Waals surface area contributed by atoms with Gasteiger partial charge in [0.15, 0.2) is 0 Å². The monoisotopic (exact) mass is 314 g/mol. The number of hydrogen-bond donors (Lipinski definition) is 0. The predicted molar refractivity (Wildman–Crippen MR) is 70.5 cm³/mol. The summed E-state index contributed by atoms with van der Waals surface area (Å²) in [6.07, 6.45) is 0.349. The largest absolute Gasteiger partial charge is 0.459 e. The Morgan fingerprint density at radius 1 is 1.33 bits per heavy atom. The summed E-state index contributed by atoms with van der Waals surface area (Å²) in [5.74, 6) is -0.398. The van der Waals surface area contributed by atoms with E-state index >= 15 is 0 Å². The van der Waals surface area contributed by atoms with E-state index < -0.39 is 12.1 Å². The Kier molecular flexibility index (Phi) is 7.29. The first kappa shape index (κ1) is 14.9. The van der Waals surface area contributed by atoms with Gasteiger partial charge in [0.2, 0.25) is 0 Å². The molecule has 1 aromatic carbocycles. The summed E-state index contributed by atoms with van der Waals surface area (Å²) in [5.41, 5.74) is 1.04. The molecule has 0 fully saturated rings. The SMILES string of the molecule is O=CC[C@@H](COCc1ccccc1)OC(=O)CBr. The van der Waals surface area contributed by atoms with E-state index in [4.69, 9.17) is 9.47 Å². The van der Waals surface area contributed by atoms with Crippen molar-refractivity contribution in [1.82, 2.24) is 0 Å². The first-order chi connectivity index (χ1) is 8.76. The third-order valence-corrected chi connectivity index (χ3v) is 2.64. The molecule has 18 heavy (non-hydrogen) atoms. The Balaban J connectivity index is 2.33. The second-order valence-electron chi connectivity index (χ2n) is 3.65. The summed E-state index contributed by atoms with van der Waals surface area (Å²) in [7, 11) is 0. The lowest BCUT2D eigenvalue weighted by Gasteiger charge is -2.15. The molecule has 0 aliphatic rings. The highest BCUT2D eigenvalue weighted by Crippen LogP contribution is 2.04. The third-order valence-electron chi connectivity index (χ3n) is 2.18. The second-order valence-corrected chi connectivity index (χ2v) is 4.21. The van der Waals surface area contributed by atoms with Gasteiger partial charge in [-0.25, -0.2) is 0 Å². The molecular formula is C13H15BrO4. The molecule has 0 unspecified atom stereocenters. The zero-order valence-electron chi connectivity index (χ0n) is 9.88. The number of alkyl halides is 1. The molecule has 0 spiro atoms. The van der Waals surface area contributed by atoms with Crippen LogP contribution in [0.15, 0.2) is 30.3 Å². The third kappa shape index (κ3) is 5.93. The van der Waals surface area contributed by atoms with E-state index in [2.05, 4.69) is 15.9 Å². The summed E-state index contributed by atoms with van der Waals surface area (Å²) in [5, 5.41) is 0.112. The molecule has 0 heterocycles. The zero-order chi connectivity index (χ0) is 13.2. The van der Waals surface area contributed by atoms with Crippen LogP contribution in [-0.4, -0.2) is 30.3 Å². The van der Waals surface area contributed by atoms with Gasteiger partial charge in [-0.15, -0.1) is 0 Å². The van der Waals surface area contributed by atoms with Gasteiger partial charge in [-0.3, -0.25) is 4.79 Å². The zero-order valence-corrected chi connectivity index (χ0v) is 11.5. The Hall–Kier alpha value is -1.20. The summed E-state index contributed by atoms with van der Waals surface area (Å²) >= 11 is 3.00. The van der Waals surface area contributed by atoms with Crippen LogP contribution in [0.1, 0.15) is 12.0 Å². The summed E-state index contributed by atoms with van der Waals surface area (Å²) in [6.45, 7) is 0.647. The molecule has 98 valence electrons. The average Bonchev–Trinajstić information content (AvgIpc) is 2.40. The van der Waals surface area contributed by atoms with Crippen molar-refractivity contribution >= 4 is 28.2 Å². The number of carbonyl (C=O) groups excluding carboxylic acids is 2. The molecule has 0 N–H and O–H groups in total. The fourth-order valence-electron chi connectivity index (χ4n) is 1.36. The molecule has 0 bridgehead atoms. The molecule has 4 nitrogen and oxygen atoms in total. The van der Waals surface area contributed by atoms with Gasteiger partial charge >= 0.3 is 5.97 Å². The van der Waals surface area contributed by atoms with Crippen LogP contribution < -0.4 is 0 Å². The van der Waals surface area contributed by atoms with Crippen molar-refractivity contribution in [2.24, 2.45) is 0 Å². The van der Waals surface area contributed by atoms with Gasteiger partial charge in [0.25, 0.3) is 0 Å². The highest BCUT2D eigenvalue weighted by molar-refractivity contribution is 9.09. The molecule has 1 aromatic rings. The number of halogens is 1. The van der Waals surface area contributed by atoms with Gasteiger partial charge in [0, 0.05) is 6.42 Å². The van der Waals surface area contributed by atoms with E-state index in [1.54, 1.807) is 0 Å². The summed E-state index contributed by atoms with van der Waals surface area (Å²) < 4.78 is 10.5. The van der Waals surface area contributed by atoms with Gasteiger partial charge in [-0.2, -0.15) is 0 Å². The molecule has 0 aliphatic carbocycles. The quantitative estimate of drug-likeness (QED) is 0.419. The molecule has 1 rings (SSSR count). The smallest absolute Gasteiger partial charge is 0.316 e. The minimum Gasteiger partial charge on any atom is -0.459 e. The normalized spacial score (nSPS) is 11.8. The molecule has 0 amide bonds. The van der Waals surface area contributed by atoms with Crippen LogP contribution in [0.2, 0.25) is 0 Å². The molecule has 0 radical (unpaired) electrons. The Morgan fingerprint density at radius 2 is 2.06 bits per heavy atom. The highest BCUT2D eigenvalue weighted by atomic mass is 79.9. The molecule has 5 heteroatoms. The van der Waals surface area contributed by atoms with E-state index in [9.17, 15) is 9.59 Å². The van der Waals surface area contributed by atoms with Gasteiger partial charge in [-0.1, -0.05) is 46.3 Å². The van der Waals surface area contributed by atoms with Crippen LogP contribution in [0.25, 0.3) is 0 Å². The van der Waals surface area contributed by atoms with E-state index in [1.807, 2.05) is 30.3 Å². The first-order valence-corrected chi connectivity index (χ1v) is 6.69. The highest BCUT2D eigenvalue weighted by Gasteiger charge is 2.13. The maximum Gasteiger partial charge on any atom is 0.316 e. The Labute approximate surface area is 114 Å². The molecule has 0 saturated carbocycles. The lowest BCUT2D eigenvalue weighted by Crippen LogP contribution is -2.24. The molecule has 0 saturated heterocycles. The van der Waals surface area contributed by atoms with Gasteiger partial charge in [0.1, 0.15) is 17.7 Å². The van der Waals surface area contributed by atoms with Gasteiger partial charge in [-0.05, 0) is 5.56 Å². The van der Waals surface area contributed by atoms with E-state index in [0.29, 0.717) is 6.61 Å². The van der Waals surface area contributed by atoms with Gasteiger partial charge in [0.05, 0.1) is 13.2 Å². The topological polar surface area (TPSA) is 52.6 Å². The maximum absolute atomic E-state index is 11.1. The number of rotatable bonds is 8. The van der Waals surface area contributed by atoms with Crippen LogP contribution in [-0.2, 0) is 25.7 Å². The second kappa shape index (κ2) is 8.83. The Morgan fingerprint density at radius 3 is 2.67 bits per heavy atom. The number of hydrogen-bond acceptors (Lipinski definition) is 4. The van der Waals surface area contributed by atoms with Crippen molar-refractivity contribution in [2.45, 2.75) is 19.1 Å². The van der Waals surface area contributed by atoms with E-state index in [1.165, 1.54) is 0 Å². The van der Waals surface area contributed by atoms with Crippen molar-refractivity contribution < 1.29 is 19.1 Å². The van der Waals surface area contributed by atoms with Gasteiger partial charge < -0.3 is 14.3 Å². The fourth-order valence-corrected chi connectivity index (χ4v) is 1.49. The van der Waals surface area contributed by atoms with Crippen LogP contribution >= 0.6 is 15.9 Å². The standard InChI is InChI=1S/C13H15BrO4/c14-8-13(16)18-12(6-7-15)10-17-9-11-4-2-1-3-5-11/h1-5,7,12H,6,8-10H2/t12-/m0/s1. The maximum atomic E-state index is 11.1. The predicted octanol–water partition coefficient (Wildman–Crippen LogP) is 2.10. The van der Waals surface area contributed by atoms with E-state index in [-0.39, 0.29) is 18.4 Å². The number of ether oxygens (including phenoxy) is 2. The number of benzene rings is 1. The Bertz CT molecular complexity index is 367. The van der Waals surface area contributed by atoms with Crippen LogP contribution in [0.5, 0.6) is 0 Å². The summed E-state index contributed by atoms with van der Waals surface area (Å²) in [6, 6.07) is 9.66. The minimum atomic E-state index is -0.517. The first-order valence-electron chi connectivity index (χ1n) is 5.57. The van der Waals surface area contributed by atoms with Crippen LogP contribution in [0.3, 0.4) is 0 Å². The molecule has 1 atom stereocenters. The van der Waals surface area contributed by atoms with Crippen LogP contribution in [0.4, 0.5) is 0 Å². The molecule has 0 aliphatic heterocycles. The number of esters is 1. The molecular weight excluding hydrogens is 300 g/mol. The van der Waals surface area contributed by atoms with Crippen molar-refractivity contribution in [2.75, 3.05) is 11.9 Å². The average molecular weight is 315 g/mol. The lowest BCUT2D eigenvalue weighted by atomic mass is 10.2. The van der Waals surface area contributed by atoms with Crippen molar-refractivity contribution in [1.29, 1.82) is 0 Å². The fraction of sp³-hybridized carbons (Fsp3) is 0.385. The summed E-state index contributed by atoms with van der Waals surface area (Å²) in [4.78, 5) is 21.5. The van der Waals surface area contributed by atoms with E-state index in [0.717, 1.165) is 11.8 Å². The minimum absolute atomic E-state index is 0.112. The lowest BCUT2D eigenvalue weighted by molar-refractivity contribution is -0.149.